The molecule has 0 fully saturated rings. The number of nitrogens with zero attached hydrogens (tertiary/aromatic N) is 2. The van der Waals surface area contributed by atoms with Crippen molar-refractivity contribution in [3.8, 4) is 11.3 Å². The van der Waals surface area contributed by atoms with Crippen molar-refractivity contribution in [3.05, 3.63) is 65.8 Å². The molecule has 0 unspecified atom stereocenters. The van der Waals surface area contributed by atoms with E-state index >= 15 is 0 Å². The Morgan fingerprint density at radius 2 is 1.86 bits per heavy atom. The number of hydrogen-bond donors (Lipinski definition) is 1. The van der Waals surface area contributed by atoms with E-state index in [9.17, 15) is 14.0 Å². The summed E-state index contributed by atoms with van der Waals surface area (Å²) in [4.78, 5) is 30.2. The minimum absolute atomic E-state index is 0.0795. The fourth-order valence-corrected chi connectivity index (χ4v) is 4.11. The van der Waals surface area contributed by atoms with Gasteiger partial charge in [0.15, 0.2) is 4.34 Å². The smallest absolute Gasteiger partial charge is 0.243 e. The SMILES string of the molecule is CN(CC(=O)Nc1ccc(F)cc1)C(=O)CSc1nc(-c2ccccc2)cs1. The van der Waals surface area contributed by atoms with Crippen LogP contribution >= 0.6 is 23.1 Å². The lowest BCUT2D eigenvalue weighted by Crippen LogP contribution is -2.35. The molecule has 0 atom stereocenters. The highest BCUT2D eigenvalue weighted by molar-refractivity contribution is 8.01. The molecule has 0 aliphatic heterocycles. The van der Waals surface area contributed by atoms with Crippen molar-refractivity contribution in [1.82, 2.24) is 9.88 Å². The molecule has 144 valence electrons. The summed E-state index contributed by atoms with van der Waals surface area (Å²) in [7, 11) is 1.57. The third-order valence-corrected chi connectivity index (χ3v) is 5.81. The minimum Gasteiger partial charge on any atom is -0.336 e. The van der Waals surface area contributed by atoms with Crippen molar-refractivity contribution in [2.45, 2.75) is 4.34 Å². The molecule has 28 heavy (non-hydrogen) atoms. The summed E-state index contributed by atoms with van der Waals surface area (Å²) >= 11 is 2.83. The first kappa shape index (κ1) is 20.0. The monoisotopic (exact) mass is 415 g/mol. The molecule has 2 amide bonds. The highest BCUT2D eigenvalue weighted by atomic mass is 32.2. The molecule has 1 heterocycles. The molecule has 8 heteroatoms. The van der Waals surface area contributed by atoms with Gasteiger partial charge in [0.25, 0.3) is 0 Å². The topological polar surface area (TPSA) is 62.3 Å². The normalized spacial score (nSPS) is 10.5. The van der Waals surface area contributed by atoms with Crippen LogP contribution in [0.25, 0.3) is 11.3 Å². The van der Waals surface area contributed by atoms with Crippen LogP contribution in [0.4, 0.5) is 10.1 Å². The van der Waals surface area contributed by atoms with Crippen molar-refractivity contribution in [1.29, 1.82) is 0 Å². The van der Waals surface area contributed by atoms with Gasteiger partial charge in [0.1, 0.15) is 5.82 Å². The number of likely N-dealkylation sites (N-methyl/N-ethyl adjacent to an activating group) is 1. The van der Waals surface area contributed by atoms with Crippen LogP contribution in [0.3, 0.4) is 0 Å². The zero-order valence-electron chi connectivity index (χ0n) is 15.1. The quantitative estimate of drug-likeness (QED) is 0.589. The molecule has 0 saturated heterocycles. The summed E-state index contributed by atoms with van der Waals surface area (Å²) in [5.41, 5.74) is 2.40. The van der Waals surface area contributed by atoms with Crippen LogP contribution in [0.15, 0.2) is 64.3 Å². The molecule has 1 aromatic heterocycles. The average Bonchev–Trinajstić information content (AvgIpc) is 3.17. The summed E-state index contributed by atoms with van der Waals surface area (Å²) in [5, 5.41) is 4.59. The van der Waals surface area contributed by atoms with E-state index in [1.54, 1.807) is 7.05 Å². The molecular weight excluding hydrogens is 397 g/mol. The van der Waals surface area contributed by atoms with Gasteiger partial charge < -0.3 is 10.2 Å². The predicted molar refractivity (Wildman–Crippen MR) is 111 cm³/mol. The van der Waals surface area contributed by atoms with Crippen molar-refractivity contribution >= 4 is 40.6 Å². The zero-order valence-corrected chi connectivity index (χ0v) is 16.7. The number of aromatic nitrogens is 1. The Kier molecular flexibility index (Phi) is 6.78. The number of carbonyl (C=O) groups is 2. The molecule has 0 bridgehead atoms. The second-order valence-corrected chi connectivity index (χ2v) is 8.04. The molecule has 0 radical (unpaired) electrons. The van der Waals surface area contributed by atoms with Crippen molar-refractivity contribution in [2.75, 3.05) is 24.7 Å². The summed E-state index contributed by atoms with van der Waals surface area (Å²) in [5.74, 6) is -0.689. The van der Waals surface area contributed by atoms with Crippen molar-refractivity contribution in [3.63, 3.8) is 0 Å². The van der Waals surface area contributed by atoms with Crippen molar-refractivity contribution < 1.29 is 14.0 Å². The highest BCUT2D eigenvalue weighted by Gasteiger charge is 2.15. The summed E-state index contributed by atoms with van der Waals surface area (Å²) in [6.45, 7) is -0.0795. The van der Waals surface area contributed by atoms with E-state index in [4.69, 9.17) is 0 Å². The molecule has 0 saturated carbocycles. The maximum atomic E-state index is 12.9. The minimum atomic E-state index is -0.375. The fourth-order valence-electron chi connectivity index (χ4n) is 2.34. The van der Waals surface area contributed by atoms with Crippen LogP contribution in [0.2, 0.25) is 0 Å². The molecule has 2 aromatic carbocycles. The van der Waals surface area contributed by atoms with Crippen LogP contribution < -0.4 is 5.32 Å². The number of anilines is 1. The lowest BCUT2D eigenvalue weighted by Gasteiger charge is -2.16. The molecule has 3 aromatic rings. The van der Waals surface area contributed by atoms with E-state index in [0.29, 0.717) is 5.69 Å². The number of thioether (sulfide) groups is 1. The van der Waals surface area contributed by atoms with E-state index in [1.165, 1.54) is 52.3 Å². The zero-order chi connectivity index (χ0) is 19.9. The van der Waals surface area contributed by atoms with Gasteiger partial charge in [-0.05, 0) is 24.3 Å². The number of nitrogens with one attached hydrogen (secondary N) is 1. The fraction of sp³-hybridized carbons (Fsp3) is 0.150. The predicted octanol–water partition coefficient (Wildman–Crippen LogP) is 4.14. The molecule has 1 N–H and O–H groups in total. The van der Waals surface area contributed by atoms with E-state index in [1.807, 2.05) is 35.7 Å². The summed E-state index contributed by atoms with van der Waals surface area (Å²) < 4.78 is 13.7. The van der Waals surface area contributed by atoms with Gasteiger partial charge in [-0.2, -0.15) is 0 Å². The number of thiazole rings is 1. The molecule has 3 rings (SSSR count). The van der Waals surface area contributed by atoms with Crippen LogP contribution in [-0.2, 0) is 9.59 Å². The summed E-state index contributed by atoms with van der Waals surface area (Å²) in [6, 6.07) is 15.3. The molecule has 0 aliphatic carbocycles. The average molecular weight is 416 g/mol. The third-order valence-electron chi connectivity index (χ3n) is 3.81. The van der Waals surface area contributed by atoms with Gasteiger partial charge in [-0.1, -0.05) is 42.1 Å². The van der Waals surface area contributed by atoms with E-state index in [0.717, 1.165) is 15.6 Å². The van der Waals surface area contributed by atoms with Gasteiger partial charge >= 0.3 is 0 Å². The Morgan fingerprint density at radius 3 is 2.57 bits per heavy atom. The van der Waals surface area contributed by atoms with Gasteiger partial charge in [0.05, 0.1) is 18.0 Å². The van der Waals surface area contributed by atoms with E-state index in [2.05, 4.69) is 10.3 Å². The van der Waals surface area contributed by atoms with Gasteiger partial charge in [-0.15, -0.1) is 11.3 Å². The van der Waals surface area contributed by atoms with E-state index in [-0.39, 0.29) is 29.9 Å². The maximum absolute atomic E-state index is 12.9. The number of benzene rings is 2. The first-order valence-electron chi connectivity index (χ1n) is 8.44. The van der Waals surface area contributed by atoms with Crippen LogP contribution in [0.1, 0.15) is 0 Å². The van der Waals surface area contributed by atoms with Gasteiger partial charge in [-0.25, -0.2) is 9.37 Å². The highest BCUT2D eigenvalue weighted by Crippen LogP contribution is 2.28. The maximum Gasteiger partial charge on any atom is 0.243 e. The first-order chi connectivity index (χ1) is 13.5. The molecule has 5 nitrogen and oxygen atoms in total. The largest absolute Gasteiger partial charge is 0.336 e. The number of amides is 2. The van der Waals surface area contributed by atoms with Crippen LogP contribution in [-0.4, -0.2) is 41.0 Å². The molecule has 0 aliphatic rings. The Hall–Kier alpha value is -2.71. The summed E-state index contributed by atoms with van der Waals surface area (Å²) in [6.07, 6.45) is 0. The van der Waals surface area contributed by atoms with Crippen LogP contribution in [0, 0.1) is 5.82 Å². The van der Waals surface area contributed by atoms with Gasteiger partial charge in [0, 0.05) is 23.7 Å². The Morgan fingerprint density at radius 1 is 1.14 bits per heavy atom. The number of halogens is 1. The Balaban J connectivity index is 1.47. The Bertz CT molecular complexity index is 946. The second-order valence-electron chi connectivity index (χ2n) is 5.96. The number of rotatable bonds is 7. The molecular formula is C20H18FN3O2S2. The third kappa shape index (κ3) is 5.64. The van der Waals surface area contributed by atoms with Gasteiger partial charge in [0.2, 0.25) is 11.8 Å². The van der Waals surface area contributed by atoms with E-state index < -0.39 is 0 Å². The lowest BCUT2D eigenvalue weighted by atomic mass is 10.2. The number of hydrogen-bond acceptors (Lipinski definition) is 5. The van der Waals surface area contributed by atoms with Crippen molar-refractivity contribution in [2.24, 2.45) is 0 Å². The number of carbonyl (C=O) groups excluding carboxylic acids is 2. The second kappa shape index (κ2) is 9.48. The van der Waals surface area contributed by atoms with Crippen LogP contribution in [0.5, 0.6) is 0 Å². The van der Waals surface area contributed by atoms with Gasteiger partial charge in [-0.3, -0.25) is 9.59 Å². The first-order valence-corrected chi connectivity index (χ1v) is 10.3. The Labute approximate surface area is 170 Å². The molecule has 0 spiro atoms. The lowest BCUT2D eigenvalue weighted by molar-refractivity contribution is -0.131. The standard InChI is InChI=1S/C20H18FN3O2S2/c1-24(11-18(25)22-16-9-7-15(21)8-10-16)19(26)13-28-20-23-17(12-27-20)14-5-3-2-4-6-14/h2-10,12H,11,13H2,1H3,(H,22,25).